The van der Waals surface area contributed by atoms with Crippen LogP contribution >= 0.6 is 11.6 Å². The minimum absolute atomic E-state index is 0.0724. The number of nitrogens with zero attached hydrogens (tertiary/aromatic N) is 2. The van der Waals surface area contributed by atoms with Gasteiger partial charge >= 0.3 is 0 Å². The summed E-state index contributed by atoms with van der Waals surface area (Å²) in [5.41, 5.74) is 5.05. The maximum absolute atomic E-state index is 13.5. The predicted octanol–water partition coefficient (Wildman–Crippen LogP) is 4.70. The molecule has 178 valence electrons. The van der Waals surface area contributed by atoms with Crippen LogP contribution in [0, 0.1) is 13.8 Å². The van der Waals surface area contributed by atoms with E-state index in [4.69, 9.17) is 16.3 Å². The number of ether oxygens (including phenoxy) is 1. The summed E-state index contributed by atoms with van der Waals surface area (Å²) in [6, 6.07) is 18.5. The molecule has 3 aromatic carbocycles. The van der Waals surface area contributed by atoms with E-state index in [9.17, 15) is 13.2 Å². The molecule has 0 fully saturated rings. The van der Waals surface area contributed by atoms with Crippen molar-refractivity contribution < 1.29 is 17.9 Å². The lowest BCUT2D eigenvalue weighted by molar-refractivity contribution is -0.119. The largest absolute Gasteiger partial charge is 0.494 e. The first kappa shape index (κ1) is 25.3. The summed E-state index contributed by atoms with van der Waals surface area (Å²) in [4.78, 5) is 12.8. The summed E-state index contributed by atoms with van der Waals surface area (Å²) in [6.45, 7) is 5.62. The van der Waals surface area contributed by atoms with E-state index in [-0.39, 0.29) is 4.90 Å². The van der Waals surface area contributed by atoms with E-state index in [2.05, 4.69) is 10.5 Å². The molecule has 34 heavy (non-hydrogen) atoms. The fraction of sp³-hybridized carbons (Fsp3) is 0.200. The summed E-state index contributed by atoms with van der Waals surface area (Å²) < 4.78 is 33.4. The number of nitrogens with one attached hydrogen (secondary N) is 1. The summed E-state index contributed by atoms with van der Waals surface area (Å²) >= 11 is 6.14. The van der Waals surface area contributed by atoms with Crippen molar-refractivity contribution in [1.82, 2.24) is 5.43 Å². The third kappa shape index (κ3) is 6.36. The zero-order chi connectivity index (χ0) is 24.7. The van der Waals surface area contributed by atoms with Crippen LogP contribution < -0.4 is 14.5 Å². The van der Waals surface area contributed by atoms with Crippen LogP contribution in [0.3, 0.4) is 0 Å². The van der Waals surface area contributed by atoms with Crippen LogP contribution in [0.15, 0.2) is 76.7 Å². The highest BCUT2D eigenvalue weighted by molar-refractivity contribution is 7.92. The Hall–Kier alpha value is -3.36. The Morgan fingerprint density at radius 2 is 1.74 bits per heavy atom. The first-order valence-corrected chi connectivity index (χ1v) is 12.4. The zero-order valence-electron chi connectivity index (χ0n) is 19.2. The summed E-state index contributed by atoms with van der Waals surface area (Å²) in [5.74, 6) is 0.134. The minimum Gasteiger partial charge on any atom is -0.494 e. The number of hydrogen-bond donors (Lipinski definition) is 1. The molecule has 0 spiro atoms. The van der Waals surface area contributed by atoms with Gasteiger partial charge in [-0.25, -0.2) is 13.8 Å². The van der Waals surface area contributed by atoms with Gasteiger partial charge in [0.15, 0.2) is 0 Å². The van der Waals surface area contributed by atoms with Crippen molar-refractivity contribution in [3.8, 4) is 5.75 Å². The molecule has 0 aromatic heterocycles. The highest BCUT2D eigenvalue weighted by Crippen LogP contribution is 2.29. The van der Waals surface area contributed by atoms with Gasteiger partial charge in [0.25, 0.3) is 15.9 Å². The third-order valence-electron chi connectivity index (χ3n) is 4.93. The number of halogens is 1. The highest BCUT2D eigenvalue weighted by Gasteiger charge is 2.28. The van der Waals surface area contributed by atoms with E-state index in [1.807, 2.05) is 13.8 Å². The molecular weight excluding hydrogens is 474 g/mol. The molecule has 7 nitrogen and oxygen atoms in total. The molecule has 9 heteroatoms. The van der Waals surface area contributed by atoms with Crippen LogP contribution in [0.2, 0.25) is 5.02 Å². The lowest BCUT2D eigenvalue weighted by atomic mass is 10.2. The van der Waals surface area contributed by atoms with Crippen LogP contribution in [0.4, 0.5) is 5.69 Å². The van der Waals surface area contributed by atoms with Crippen LogP contribution in [-0.4, -0.2) is 33.7 Å². The second-order valence-corrected chi connectivity index (χ2v) is 9.85. The Labute approximate surface area is 205 Å². The number of sulfonamides is 1. The number of hydrazone groups is 1. The Morgan fingerprint density at radius 1 is 1.06 bits per heavy atom. The number of hydrogen-bond acceptors (Lipinski definition) is 5. The summed E-state index contributed by atoms with van der Waals surface area (Å²) in [5, 5.41) is 4.32. The number of aryl methyl sites for hydroxylation is 2. The van der Waals surface area contributed by atoms with Gasteiger partial charge in [0.1, 0.15) is 12.3 Å². The first-order valence-electron chi connectivity index (χ1n) is 10.6. The average Bonchev–Trinajstić information content (AvgIpc) is 2.81. The third-order valence-corrected chi connectivity index (χ3v) is 6.94. The maximum Gasteiger partial charge on any atom is 0.264 e. The fourth-order valence-corrected chi connectivity index (χ4v) is 4.79. The molecule has 0 saturated carbocycles. The fourth-order valence-electron chi connectivity index (χ4n) is 3.15. The molecule has 0 heterocycles. The van der Waals surface area contributed by atoms with Crippen LogP contribution in [0.25, 0.3) is 0 Å². The molecular formula is C25H26ClN3O4S. The van der Waals surface area contributed by atoms with Gasteiger partial charge in [-0.05, 0) is 80.4 Å². The molecule has 0 saturated heterocycles. The van der Waals surface area contributed by atoms with E-state index < -0.39 is 22.5 Å². The number of amides is 1. The maximum atomic E-state index is 13.5. The molecule has 3 aromatic rings. The predicted molar refractivity (Wildman–Crippen MR) is 135 cm³/mol. The molecule has 0 atom stereocenters. The average molecular weight is 500 g/mol. The Bertz CT molecular complexity index is 1270. The van der Waals surface area contributed by atoms with E-state index in [1.54, 1.807) is 55.5 Å². The second-order valence-electron chi connectivity index (χ2n) is 7.55. The zero-order valence-corrected chi connectivity index (χ0v) is 20.7. The molecule has 0 aliphatic carbocycles. The SMILES string of the molecule is CCOc1ccc(/C=N\NC(=O)CN(c2cc(Cl)ccc2C)S(=O)(=O)c2ccc(C)cc2)cc1. The van der Waals surface area contributed by atoms with Gasteiger partial charge in [0.2, 0.25) is 0 Å². The monoisotopic (exact) mass is 499 g/mol. The number of rotatable bonds is 9. The van der Waals surface area contributed by atoms with Crippen molar-refractivity contribution in [3.05, 3.63) is 88.4 Å². The van der Waals surface area contributed by atoms with Crippen LogP contribution in [0.1, 0.15) is 23.6 Å². The summed E-state index contributed by atoms with van der Waals surface area (Å²) in [7, 11) is -4.04. The second kappa shape index (κ2) is 11.2. The van der Waals surface area contributed by atoms with E-state index in [1.165, 1.54) is 24.4 Å². The number of anilines is 1. The van der Waals surface area contributed by atoms with Crippen molar-refractivity contribution in [2.24, 2.45) is 5.10 Å². The molecule has 0 aliphatic heterocycles. The molecule has 0 radical (unpaired) electrons. The van der Waals surface area contributed by atoms with Gasteiger partial charge in [-0.3, -0.25) is 9.10 Å². The van der Waals surface area contributed by atoms with Crippen LogP contribution in [0.5, 0.6) is 5.75 Å². The Kier molecular flexibility index (Phi) is 8.31. The lowest BCUT2D eigenvalue weighted by Gasteiger charge is -2.25. The minimum atomic E-state index is -4.04. The Morgan fingerprint density at radius 3 is 2.38 bits per heavy atom. The molecule has 0 aliphatic rings. The molecule has 0 bridgehead atoms. The lowest BCUT2D eigenvalue weighted by Crippen LogP contribution is -2.40. The summed E-state index contributed by atoms with van der Waals surface area (Å²) in [6.07, 6.45) is 1.47. The molecule has 1 amide bonds. The molecule has 1 N–H and O–H groups in total. The van der Waals surface area contributed by atoms with Gasteiger partial charge in [0.05, 0.1) is 23.4 Å². The smallest absolute Gasteiger partial charge is 0.264 e. The van der Waals surface area contributed by atoms with Crippen molar-refractivity contribution in [3.63, 3.8) is 0 Å². The highest BCUT2D eigenvalue weighted by atomic mass is 35.5. The number of carbonyl (C=O) groups excluding carboxylic acids is 1. The molecule has 3 rings (SSSR count). The number of benzene rings is 3. The molecule has 0 unspecified atom stereocenters. The standard InChI is InChI=1S/C25H26ClN3O4S/c1-4-33-22-11-8-20(9-12-22)16-27-28-25(30)17-29(24-15-21(26)10-7-19(24)3)34(31,32)23-13-5-18(2)6-14-23/h5-16H,4,17H2,1-3H3,(H,28,30)/b27-16-. The van der Waals surface area contributed by atoms with Gasteiger partial charge in [-0.2, -0.15) is 5.10 Å². The van der Waals surface area contributed by atoms with Gasteiger partial charge in [0, 0.05) is 5.02 Å². The van der Waals surface area contributed by atoms with E-state index in [0.29, 0.717) is 22.9 Å². The van der Waals surface area contributed by atoms with Crippen molar-refractivity contribution >= 4 is 39.4 Å². The number of carbonyl (C=O) groups is 1. The van der Waals surface area contributed by atoms with Crippen LogP contribution in [-0.2, 0) is 14.8 Å². The van der Waals surface area contributed by atoms with Crippen molar-refractivity contribution in [1.29, 1.82) is 0 Å². The van der Waals surface area contributed by atoms with Crippen molar-refractivity contribution in [2.75, 3.05) is 17.5 Å². The quantitative estimate of drug-likeness (QED) is 0.341. The van der Waals surface area contributed by atoms with E-state index in [0.717, 1.165) is 21.2 Å². The van der Waals surface area contributed by atoms with E-state index >= 15 is 0 Å². The van der Waals surface area contributed by atoms with Gasteiger partial charge < -0.3 is 4.74 Å². The van der Waals surface area contributed by atoms with Gasteiger partial charge in [-0.1, -0.05) is 35.4 Å². The Balaban J connectivity index is 1.83. The van der Waals surface area contributed by atoms with Gasteiger partial charge in [-0.15, -0.1) is 0 Å². The topological polar surface area (TPSA) is 88.1 Å². The van der Waals surface area contributed by atoms with Crippen molar-refractivity contribution in [2.45, 2.75) is 25.7 Å². The normalized spacial score (nSPS) is 11.4. The first-order chi connectivity index (χ1) is 16.2.